The van der Waals surface area contributed by atoms with Gasteiger partial charge < -0.3 is 10.6 Å². The summed E-state index contributed by atoms with van der Waals surface area (Å²) in [5.41, 5.74) is 0. The number of urea groups is 1. The van der Waals surface area contributed by atoms with Gasteiger partial charge in [0.15, 0.2) is 0 Å². The van der Waals surface area contributed by atoms with Crippen LogP contribution in [0.5, 0.6) is 0 Å². The van der Waals surface area contributed by atoms with Gasteiger partial charge in [0.05, 0.1) is 0 Å². The van der Waals surface area contributed by atoms with Gasteiger partial charge in [-0.15, -0.1) is 0 Å². The zero-order valence-electron chi connectivity index (χ0n) is 9.49. The summed E-state index contributed by atoms with van der Waals surface area (Å²) >= 11 is 0. The molecule has 0 aliphatic carbocycles. The Morgan fingerprint density at radius 3 is 2.12 bits per heavy atom. The van der Waals surface area contributed by atoms with Crippen molar-refractivity contribution in [2.24, 2.45) is 0 Å². The molecule has 0 aromatic rings. The second kappa shape index (κ2) is 8.24. The topological polar surface area (TPSA) is 41.1 Å². The van der Waals surface area contributed by atoms with Gasteiger partial charge >= 0.3 is 12.2 Å². The van der Waals surface area contributed by atoms with Crippen LogP contribution in [0, 0.1) is 0 Å². The Balaban J connectivity index is 3.28. The lowest BCUT2D eigenvalue weighted by molar-refractivity contribution is -0.135. The Kier molecular flexibility index (Phi) is 7.76. The highest BCUT2D eigenvalue weighted by Crippen LogP contribution is 2.21. The number of halogens is 3. The number of amides is 2. The first-order valence-electron chi connectivity index (χ1n) is 5.54. The normalized spacial score (nSPS) is 11.2. The van der Waals surface area contributed by atoms with Gasteiger partial charge in [-0.3, -0.25) is 0 Å². The number of nitrogens with one attached hydrogen (secondary N) is 2. The lowest BCUT2D eigenvalue weighted by Gasteiger charge is -2.08. The van der Waals surface area contributed by atoms with E-state index in [0.29, 0.717) is 13.0 Å². The van der Waals surface area contributed by atoms with E-state index < -0.39 is 12.6 Å². The molecule has 0 saturated carbocycles. The molecule has 16 heavy (non-hydrogen) atoms. The van der Waals surface area contributed by atoms with Gasteiger partial charge in [0.25, 0.3) is 0 Å². The molecule has 0 radical (unpaired) electrons. The van der Waals surface area contributed by atoms with Gasteiger partial charge in [0.1, 0.15) is 0 Å². The van der Waals surface area contributed by atoms with E-state index in [-0.39, 0.29) is 19.0 Å². The molecule has 0 fully saturated rings. The van der Waals surface area contributed by atoms with Crippen LogP contribution in [0.15, 0.2) is 0 Å². The average molecular weight is 240 g/mol. The Hall–Kier alpha value is -0.940. The fraction of sp³-hybridized carbons (Fsp3) is 0.900. The van der Waals surface area contributed by atoms with Gasteiger partial charge in [-0.1, -0.05) is 13.3 Å². The highest BCUT2D eigenvalue weighted by Gasteiger charge is 2.25. The van der Waals surface area contributed by atoms with E-state index in [4.69, 9.17) is 0 Å². The van der Waals surface area contributed by atoms with Crippen molar-refractivity contribution in [3.05, 3.63) is 0 Å². The Morgan fingerprint density at radius 2 is 1.62 bits per heavy atom. The van der Waals surface area contributed by atoms with Crippen molar-refractivity contribution in [3.63, 3.8) is 0 Å². The summed E-state index contributed by atoms with van der Waals surface area (Å²) in [7, 11) is 0. The van der Waals surface area contributed by atoms with E-state index >= 15 is 0 Å². The minimum atomic E-state index is -4.09. The molecular formula is C10H19F3N2O. The quantitative estimate of drug-likeness (QED) is 0.660. The van der Waals surface area contributed by atoms with E-state index in [1.165, 1.54) is 0 Å². The second-order valence-corrected chi connectivity index (χ2v) is 3.61. The largest absolute Gasteiger partial charge is 0.389 e. The number of hydrogen-bond donors (Lipinski definition) is 2. The number of carbonyl (C=O) groups is 1. The van der Waals surface area contributed by atoms with E-state index in [9.17, 15) is 18.0 Å². The highest BCUT2D eigenvalue weighted by molar-refractivity contribution is 5.73. The van der Waals surface area contributed by atoms with Crippen LogP contribution >= 0.6 is 0 Å². The summed E-state index contributed by atoms with van der Waals surface area (Å²) in [6.07, 6.45) is -2.58. The summed E-state index contributed by atoms with van der Waals surface area (Å²) in [5.74, 6) is 0. The first kappa shape index (κ1) is 15.1. The monoisotopic (exact) mass is 240 g/mol. The first-order chi connectivity index (χ1) is 7.45. The standard InChI is InChI=1S/C10H19F3N2O/c1-2-3-7-14-9(16)15-8-5-4-6-10(11,12)13/h2-8H2,1H3,(H2,14,15,16). The van der Waals surface area contributed by atoms with Crippen LogP contribution in [0.4, 0.5) is 18.0 Å². The molecule has 3 nitrogen and oxygen atoms in total. The molecule has 2 N–H and O–H groups in total. The Morgan fingerprint density at radius 1 is 1.06 bits per heavy atom. The molecule has 0 spiro atoms. The number of hydrogen-bond acceptors (Lipinski definition) is 1. The number of unbranched alkanes of at least 4 members (excludes halogenated alkanes) is 2. The van der Waals surface area contributed by atoms with Gasteiger partial charge in [0, 0.05) is 19.5 Å². The molecule has 0 unspecified atom stereocenters. The zero-order valence-corrected chi connectivity index (χ0v) is 9.49. The second-order valence-electron chi connectivity index (χ2n) is 3.61. The SMILES string of the molecule is CCCCNC(=O)NCCCCC(F)(F)F. The van der Waals surface area contributed by atoms with E-state index in [1.807, 2.05) is 6.92 Å². The van der Waals surface area contributed by atoms with Crippen LogP contribution in [-0.2, 0) is 0 Å². The van der Waals surface area contributed by atoms with Crippen molar-refractivity contribution in [1.82, 2.24) is 10.6 Å². The van der Waals surface area contributed by atoms with Crippen LogP contribution in [0.3, 0.4) is 0 Å². The van der Waals surface area contributed by atoms with Crippen molar-refractivity contribution in [1.29, 1.82) is 0 Å². The predicted molar refractivity (Wildman–Crippen MR) is 56.2 cm³/mol. The summed E-state index contributed by atoms with van der Waals surface area (Å²) in [4.78, 5) is 11.0. The summed E-state index contributed by atoms with van der Waals surface area (Å²) < 4.78 is 35.2. The predicted octanol–water partition coefficient (Wildman–Crippen LogP) is 2.82. The van der Waals surface area contributed by atoms with Crippen LogP contribution in [0.25, 0.3) is 0 Å². The molecule has 0 rings (SSSR count). The Bertz CT molecular complexity index is 195. The third kappa shape index (κ3) is 11.1. The molecule has 0 atom stereocenters. The lowest BCUT2D eigenvalue weighted by atomic mass is 10.2. The van der Waals surface area contributed by atoms with Crippen molar-refractivity contribution in [2.45, 2.75) is 45.2 Å². The van der Waals surface area contributed by atoms with Crippen LogP contribution in [0.1, 0.15) is 39.0 Å². The van der Waals surface area contributed by atoms with Gasteiger partial charge in [0.2, 0.25) is 0 Å². The minimum Gasteiger partial charge on any atom is -0.338 e. The van der Waals surface area contributed by atoms with E-state index in [1.54, 1.807) is 0 Å². The van der Waals surface area contributed by atoms with Gasteiger partial charge in [-0.2, -0.15) is 13.2 Å². The van der Waals surface area contributed by atoms with Crippen LogP contribution in [0.2, 0.25) is 0 Å². The molecule has 0 aromatic heterocycles. The van der Waals surface area contributed by atoms with Crippen molar-refractivity contribution in [2.75, 3.05) is 13.1 Å². The maximum atomic E-state index is 11.7. The van der Waals surface area contributed by atoms with Crippen LogP contribution in [-0.4, -0.2) is 25.3 Å². The Labute approximate surface area is 93.8 Å². The third-order valence-electron chi connectivity index (χ3n) is 1.99. The van der Waals surface area contributed by atoms with E-state index in [2.05, 4.69) is 10.6 Å². The highest BCUT2D eigenvalue weighted by atomic mass is 19.4. The number of rotatable bonds is 7. The molecule has 0 aliphatic rings. The fourth-order valence-electron chi connectivity index (χ4n) is 1.09. The summed E-state index contributed by atoms with van der Waals surface area (Å²) in [5, 5.41) is 5.13. The molecule has 0 aromatic carbocycles. The molecule has 2 amide bonds. The average Bonchev–Trinajstić information content (AvgIpc) is 2.16. The first-order valence-corrected chi connectivity index (χ1v) is 5.54. The fourth-order valence-corrected chi connectivity index (χ4v) is 1.09. The lowest BCUT2D eigenvalue weighted by Crippen LogP contribution is -2.36. The maximum absolute atomic E-state index is 11.7. The molecular weight excluding hydrogens is 221 g/mol. The van der Waals surface area contributed by atoms with Gasteiger partial charge in [-0.25, -0.2) is 4.79 Å². The van der Waals surface area contributed by atoms with Crippen LogP contribution < -0.4 is 10.6 Å². The minimum absolute atomic E-state index is 0.0543. The zero-order chi connectivity index (χ0) is 12.4. The summed E-state index contributed by atoms with van der Waals surface area (Å²) in [6, 6.07) is -0.305. The van der Waals surface area contributed by atoms with Crippen molar-refractivity contribution < 1.29 is 18.0 Å². The molecule has 0 bridgehead atoms. The van der Waals surface area contributed by atoms with Gasteiger partial charge in [-0.05, 0) is 19.3 Å². The molecule has 0 saturated heterocycles. The third-order valence-corrected chi connectivity index (χ3v) is 1.99. The maximum Gasteiger partial charge on any atom is 0.389 e. The number of alkyl halides is 3. The smallest absolute Gasteiger partial charge is 0.338 e. The number of carbonyl (C=O) groups excluding carboxylic acids is 1. The van der Waals surface area contributed by atoms with E-state index in [0.717, 1.165) is 12.8 Å². The summed E-state index contributed by atoms with van der Waals surface area (Å²) in [6.45, 7) is 2.90. The van der Waals surface area contributed by atoms with Crippen molar-refractivity contribution in [3.8, 4) is 0 Å². The van der Waals surface area contributed by atoms with Crippen molar-refractivity contribution >= 4 is 6.03 Å². The molecule has 96 valence electrons. The molecule has 6 heteroatoms. The molecule has 0 heterocycles. The molecule has 0 aliphatic heterocycles.